The third-order valence-electron chi connectivity index (χ3n) is 6.70. The summed E-state index contributed by atoms with van der Waals surface area (Å²) < 4.78 is 0. The average molecular weight is 356 g/mol. The normalized spacial score (nSPS) is 30.1. The molecule has 0 aromatic heterocycles. The molecule has 2 N–H and O–H groups in total. The van der Waals surface area contributed by atoms with Crippen LogP contribution in [0.3, 0.4) is 0 Å². The molecule has 3 atom stereocenters. The van der Waals surface area contributed by atoms with Gasteiger partial charge in [-0.1, -0.05) is 43.2 Å². The lowest BCUT2D eigenvalue weighted by Crippen LogP contribution is -2.45. The maximum atomic E-state index is 12.6. The Kier molecular flexibility index (Phi) is 5.91. The lowest BCUT2D eigenvalue weighted by molar-refractivity contribution is -0.123. The SMILES string of the molecule is O=C(NCC1CCN(Cc2ccccc2)CC1)C1CC2CCCCC2N1. The molecule has 2 saturated heterocycles. The zero-order chi connectivity index (χ0) is 17.8. The van der Waals surface area contributed by atoms with Gasteiger partial charge < -0.3 is 10.6 Å². The van der Waals surface area contributed by atoms with Crippen molar-refractivity contribution in [1.29, 1.82) is 0 Å². The molecule has 3 unspecified atom stereocenters. The minimum atomic E-state index is 0.0567. The Balaban J connectivity index is 1.16. The number of hydrogen-bond donors (Lipinski definition) is 2. The highest BCUT2D eigenvalue weighted by Crippen LogP contribution is 2.33. The lowest BCUT2D eigenvalue weighted by Gasteiger charge is -2.32. The van der Waals surface area contributed by atoms with Crippen LogP contribution >= 0.6 is 0 Å². The number of hydrogen-bond acceptors (Lipinski definition) is 3. The first-order valence-corrected chi connectivity index (χ1v) is 10.6. The van der Waals surface area contributed by atoms with E-state index in [-0.39, 0.29) is 11.9 Å². The molecule has 0 spiro atoms. The fourth-order valence-corrected chi connectivity index (χ4v) is 5.08. The van der Waals surface area contributed by atoms with Crippen LogP contribution in [-0.4, -0.2) is 42.5 Å². The fraction of sp³-hybridized carbons (Fsp3) is 0.682. The predicted octanol–water partition coefficient (Wildman–Crippen LogP) is 2.94. The number of rotatable bonds is 5. The van der Waals surface area contributed by atoms with Crippen LogP contribution in [0, 0.1) is 11.8 Å². The van der Waals surface area contributed by atoms with Crippen molar-refractivity contribution in [2.75, 3.05) is 19.6 Å². The van der Waals surface area contributed by atoms with E-state index in [1.807, 2.05) is 0 Å². The van der Waals surface area contributed by atoms with E-state index in [1.54, 1.807) is 0 Å². The first-order chi connectivity index (χ1) is 12.8. The maximum Gasteiger partial charge on any atom is 0.237 e. The zero-order valence-corrected chi connectivity index (χ0v) is 15.8. The topological polar surface area (TPSA) is 44.4 Å². The molecule has 2 aliphatic heterocycles. The van der Waals surface area contributed by atoms with Crippen LogP contribution in [-0.2, 0) is 11.3 Å². The number of likely N-dealkylation sites (tertiary alicyclic amines) is 1. The summed E-state index contributed by atoms with van der Waals surface area (Å²) in [7, 11) is 0. The summed E-state index contributed by atoms with van der Waals surface area (Å²) in [6.07, 6.45) is 8.66. The summed E-state index contributed by atoms with van der Waals surface area (Å²) in [5.41, 5.74) is 1.40. The molecular formula is C22H33N3O. The summed E-state index contributed by atoms with van der Waals surface area (Å²) in [6.45, 7) is 4.18. The van der Waals surface area contributed by atoms with Crippen LogP contribution in [0.5, 0.6) is 0 Å². The Labute approximate surface area is 157 Å². The van der Waals surface area contributed by atoms with Crippen molar-refractivity contribution in [2.24, 2.45) is 11.8 Å². The van der Waals surface area contributed by atoms with Crippen LogP contribution in [0.2, 0.25) is 0 Å². The third kappa shape index (κ3) is 4.47. The standard InChI is InChI=1S/C22H33N3O/c26-22(21-14-19-8-4-5-9-20(19)24-21)23-15-17-10-12-25(13-11-17)16-18-6-2-1-3-7-18/h1-3,6-7,17,19-21,24H,4-5,8-16H2,(H,23,26). The Hall–Kier alpha value is -1.39. The molecule has 4 heteroatoms. The van der Waals surface area contributed by atoms with Gasteiger partial charge in [0.2, 0.25) is 5.91 Å². The third-order valence-corrected chi connectivity index (χ3v) is 6.70. The Morgan fingerprint density at radius 3 is 2.62 bits per heavy atom. The Morgan fingerprint density at radius 1 is 1.08 bits per heavy atom. The quantitative estimate of drug-likeness (QED) is 0.854. The van der Waals surface area contributed by atoms with Crippen LogP contribution in [0.4, 0.5) is 0 Å². The van der Waals surface area contributed by atoms with E-state index >= 15 is 0 Å². The van der Waals surface area contributed by atoms with Crippen LogP contribution in [0.15, 0.2) is 30.3 Å². The van der Waals surface area contributed by atoms with Crippen LogP contribution in [0.25, 0.3) is 0 Å². The van der Waals surface area contributed by atoms with E-state index in [0.717, 1.165) is 38.5 Å². The van der Waals surface area contributed by atoms with E-state index in [2.05, 4.69) is 45.9 Å². The summed E-state index contributed by atoms with van der Waals surface area (Å²) in [6, 6.07) is 11.4. The van der Waals surface area contributed by atoms with Gasteiger partial charge in [0.1, 0.15) is 0 Å². The van der Waals surface area contributed by atoms with Gasteiger partial charge in [0.05, 0.1) is 6.04 Å². The minimum absolute atomic E-state index is 0.0567. The van der Waals surface area contributed by atoms with Gasteiger partial charge >= 0.3 is 0 Å². The van der Waals surface area contributed by atoms with Gasteiger partial charge in [-0.25, -0.2) is 0 Å². The van der Waals surface area contributed by atoms with Crippen molar-refractivity contribution in [2.45, 2.75) is 63.6 Å². The second-order valence-corrected chi connectivity index (χ2v) is 8.56. The van der Waals surface area contributed by atoms with Gasteiger partial charge in [0.15, 0.2) is 0 Å². The molecule has 4 nitrogen and oxygen atoms in total. The Bertz CT molecular complexity index is 568. The molecule has 142 valence electrons. The number of benzene rings is 1. The van der Waals surface area contributed by atoms with E-state index in [4.69, 9.17) is 0 Å². The molecule has 1 aliphatic carbocycles. The number of fused-ring (bicyclic) bond motifs is 1. The zero-order valence-electron chi connectivity index (χ0n) is 15.8. The smallest absolute Gasteiger partial charge is 0.237 e. The lowest BCUT2D eigenvalue weighted by atomic mass is 9.85. The Morgan fingerprint density at radius 2 is 1.85 bits per heavy atom. The van der Waals surface area contributed by atoms with Crippen molar-refractivity contribution < 1.29 is 4.79 Å². The van der Waals surface area contributed by atoms with Gasteiger partial charge in [0.25, 0.3) is 0 Å². The molecular weight excluding hydrogens is 322 g/mol. The summed E-state index contributed by atoms with van der Waals surface area (Å²) in [5, 5.41) is 6.84. The van der Waals surface area contributed by atoms with Gasteiger partial charge in [-0.15, -0.1) is 0 Å². The fourth-order valence-electron chi connectivity index (χ4n) is 5.08. The molecule has 1 aromatic carbocycles. The molecule has 3 aliphatic rings. The summed E-state index contributed by atoms with van der Waals surface area (Å²) >= 11 is 0. The average Bonchev–Trinajstić information content (AvgIpc) is 3.12. The van der Waals surface area contributed by atoms with E-state index in [1.165, 1.54) is 44.1 Å². The molecule has 1 amide bonds. The monoisotopic (exact) mass is 355 g/mol. The molecule has 0 bridgehead atoms. The second kappa shape index (κ2) is 8.53. The predicted molar refractivity (Wildman–Crippen MR) is 105 cm³/mol. The first-order valence-electron chi connectivity index (χ1n) is 10.6. The summed E-state index contributed by atoms with van der Waals surface area (Å²) in [4.78, 5) is 15.1. The van der Waals surface area contributed by atoms with Crippen LogP contribution in [0.1, 0.15) is 50.5 Å². The first kappa shape index (κ1) is 18.0. The molecule has 1 saturated carbocycles. The summed E-state index contributed by atoms with van der Waals surface area (Å²) in [5.74, 6) is 1.61. The van der Waals surface area contributed by atoms with Crippen molar-refractivity contribution in [3.63, 3.8) is 0 Å². The van der Waals surface area contributed by atoms with Crippen molar-refractivity contribution in [1.82, 2.24) is 15.5 Å². The minimum Gasteiger partial charge on any atom is -0.354 e. The number of amides is 1. The number of piperidine rings is 1. The van der Waals surface area contributed by atoms with Gasteiger partial charge in [-0.05, 0) is 62.6 Å². The molecule has 3 fully saturated rings. The maximum absolute atomic E-state index is 12.6. The highest BCUT2D eigenvalue weighted by atomic mass is 16.2. The van der Waals surface area contributed by atoms with Gasteiger partial charge in [-0.2, -0.15) is 0 Å². The van der Waals surface area contributed by atoms with Gasteiger partial charge in [0, 0.05) is 19.1 Å². The largest absolute Gasteiger partial charge is 0.354 e. The van der Waals surface area contributed by atoms with Crippen LogP contribution < -0.4 is 10.6 Å². The number of nitrogens with zero attached hydrogens (tertiary/aromatic N) is 1. The second-order valence-electron chi connectivity index (χ2n) is 8.56. The molecule has 26 heavy (non-hydrogen) atoms. The number of nitrogens with one attached hydrogen (secondary N) is 2. The number of carbonyl (C=O) groups excluding carboxylic acids is 1. The highest BCUT2D eigenvalue weighted by molar-refractivity contribution is 5.82. The molecule has 0 radical (unpaired) electrons. The van der Waals surface area contributed by atoms with E-state index in [9.17, 15) is 4.79 Å². The van der Waals surface area contributed by atoms with Crippen molar-refractivity contribution in [3.05, 3.63) is 35.9 Å². The molecule has 1 aromatic rings. The van der Waals surface area contributed by atoms with Gasteiger partial charge in [-0.3, -0.25) is 9.69 Å². The molecule has 4 rings (SSSR count). The van der Waals surface area contributed by atoms with E-state index < -0.39 is 0 Å². The van der Waals surface area contributed by atoms with E-state index in [0.29, 0.717) is 12.0 Å². The molecule has 2 heterocycles. The number of carbonyl (C=O) groups is 1. The highest BCUT2D eigenvalue weighted by Gasteiger charge is 2.38. The van der Waals surface area contributed by atoms with Crippen molar-refractivity contribution >= 4 is 5.91 Å². The van der Waals surface area contributed by atoms with Crippen molar-refractivity contribution in [3.8, 4) is 0 Å².